The van der Waals surface area contributed by atoms with Crippen LogP contribution in [0.15, 0.2) is 36.5 Å². The molecule has 1 aromatic carbocycles. The van der Waals surface area contributed by atoms with Crippen LogP contribution in [-0.2, 0) is 24.2 Å². The predicted octanol–water partition coefficient (Wildman–Crippen LogP) is 3.06. The van der Waals surface area contributed by atoms with Crippen molar-refractivity contribution in [2.75, 3.05) is 5.32 Å². The summed E-state index contributed by atoms with van der Waals surface area (Å²) in [5, 5.41) is 2.99. The summed E-state index contributed by atoms with van der Waals surface area (Å²) in [6.07, 6.45) is 4.22. The Bertz CT molecular complexity index is 622. The zero-order valence-corrected chi connectivity index (χ0v) is 12.4. The molecule has 4 heteroatoms. The third-order valence-corrected chi connectivity index (χ3v) is 3.56. The Labute approximate surface area is 124 Å². The first kappa shape index (κ1) is 15.0. The van der Waals surface area contributed by atoms with E-state index in [1.165, 1.54) is 0 Å². The highest BCUT2D eigenvalue weighted by Gasteiger charge is 2.11. The van der Waals surface area contributed by atoms with E-state index in [4.69, 9.17) is 0 Å². The van der Waals surface area contributed by atoms with Gasteiger partial charge >= 0.3 is 0 Å². The molecule has 0 saturated carbocycles. The van der Waals surface area contributed by atoms with Crippen LogP contribution in [0.2, 0.25) is 0 Å². The van der Waals surface area contributed by atoms with Crippen molar-refractivity contribution >= 4 is 17.9 Å². The predicted molar refractivity (Wildman–Crippen MR) is 83.6 cm³/mol. The Kier molecular flexibility index (Phi) is 4.93. The number of rotatable bonds is 6. The zero-order chi connectivity index (χ0) is 15.2. The van der Waals surface area contributed by atoms with Crippen molar-refractivity contribution in [3.63, 3.8) is 0 Å². The molecular formula is C17H20N2O2. The number of aryl methyl sites for hydroxylation is 2. The monoisotopic (exact) mass is 284 g/mol. The van der Waals surface area contributed by atoms with Gasteiger partial charge in [0.05, 0.1) is 5.69 Å². The van der Waals surface area contributed by atoms with E-state index in [2.05, 4.69) is 19.2 Å². The van der Waals surface area contributed by atoms with Gasteiger partial charge in [-0.3, -0.25) is 9.59 Å². The first-order valence-electron chi connectivity index (χ1n) is 7.20. The Balaban J connectivity index is 2.18. The van der Waals surface area contributed by atoms with E-state index in [-0.39, 0.29) is 12.5 Å². The molecule has 0 spiro atoms. The molecule has 21 heavy (non-hydrogen) atoms. The van der Waals surface area contributed by atoms with E-state index in [1.807, 2.05) is 18.2 Å². The summed E-state index contributed by atoms with van der Waals surface area (Å²) in [6, 6.07) is 9.53. The topological polar surface area (TPSA) is 51.1 Å². The minimum Gasteiger partial charge on any atom is -0.336 e. The highest BCUT2D eigenvalue weighted by molar-refractivity contribution is 5.92. The number of anilines is 1. The average Bonchev–Trinajstić information content (AvgIpc) is 2.94. The molecule has 110 valence electrons. The quantitative estimate of drug-likeness (QED) is 0.829. The van der Waals surface area contributed by atoms with Gasteiger partial charge in [0.1, 0.15) is 6.54 Å². The highest BCUT2D eigenvalue weighted by Crippen LogP contribution is 2.22. The van der Waals surface area contributed by atoms with Crippen molar-refractivity contribution in [3.8, 4) is 0 Å². The summed E-state index contributed by atoms with van der Waals surface area (Å²) in [4.78, 5) is 23.1. The molecule has 0 unspecified atom stereocenters. The van der Waals surface area contributed by atoms with Crippen LogP contribution in [0.4, 0.5) is 5.69 Å². The van der Waals surface area contributed by atoms with Crippen molar-refractivity contribution in [3.05, 3.63) is 53.3 Å². The zero-order valence-electron chi connectivity index (χ0n) is 12.4. The van der Waals surface area contributed by atoms with Crippen molar-refractivity contribution in [1.29, 1.82) is 0 Å². The van der Waals surface area contributed by atoms with E-state index in [0.29, 0.717) is 5.69 Å². The Morgan fingerprint density at radius 2 is 1.81 bits per heavy atom. The number of nitrogens with zero attached hydrogens (tertiary/aromatic N) is 1. The van der Waals surface area contributed by atoms with Gasteiger partial charge < -0.3 is 9.88 Å². The number of benzene rings is 1. The SMILES string of the molecule is CCc1cccc(CC)c1NC(=O)Cn1cccc1C=O. The second kappa shape index (κ2) is 6.88. The molecule has 0 saturated heterocycles. The highest BCUT2D eigenvalue weighted by atomic mass is 16.2. The largest absolute Gasteiger partial charge is 0.336 e. The lowest BCUT2D eigenvalue weighted by Gasteiger charge is -2.15. The van der Waals surface area contributed by atoms with Gasteiger partial charge in [0.2, 0.25) is 5.91 Å². The second-order valence-corrected chi connectivity index (χ2v) is 4.89. The second-order valence-electron chi connectivity index (χ2n) is 4.89. The van der Waals surface area contributed by atoms with Gasteiger partial charge in [0, 0.05) is 11.9 Å². The lowest BCUT2D eigenvalue weighted by Crippen LogP contribution is -2.21. The van der Waals surface area contributed by atoms with Crippen molar-refractivity contribution in [1.82, 2.24) is 4.57 Å². The van der Waals surface area contributed by atoms with Crippen LogP contribution < -0.4 is 5.32 Å². The average molecular weight is 284 g/mol. The van der Waals surface area contributed by atoms with Crippen LogP contribution in [0.1, 0.15) is 35.5 Å². The molecule has 0 radical (unpaired) electrons. The van der Waals surface area contributed by atoms with E-state index in [0.717, 1.165) is 35.9 Å². The maximum absolute atomic E-state index is 12.2. The molecule has 0 aliphatic carbocycles. The summed E-state index contributed by atoms with van der Waals surface area (Å²) in [5.41, 5.74) is 3.67. The number of hydrogen-bond acceptors (Lipinski definition) is 2. The number of aromatic nitrogens is 1. The fourth-order valence-corrected chi connectivity index (χ4v) is 2.42. The minimum atomic E-state index is -0.120. The molecule has 0 fully saturated rings. The normalized spacial score (nSPS) is 10.4. The number of amides is 1. The summed E-state index contributed by atoms with van der Waals surface area (Å²) >= 11 is 0. The number of hydrogen-bond donors (Lipinski definition) is 1. The number of carbonyl (C=O) groups is 2. The smallest absolute Gasteiger partial charge is 0.244 e. The number of carbonyl (C=O) groups excluding carboxylic acids is 2. The Morgan fingerprint density at radius 3 is 2.38 bits per heavy atom. The molecule has 1 amide bonds. The van der Waals surface area contributed by atoms with Crippen LogP contribution in [0.25, 0.3) is 0 Å². The van der Waals surface area contributed by atoms with E-state index >= 15 is 0 Å². The first-order chi connectivity index (χ1) is 10.2. The standard InChI is InChI=1S/C17H20N2O2/c1-3-13-7-5-8-14(4-2)17(13)18-16(21)11-19-10-6-9-15(19)12-20/h5-10,12H,3-4,11H2,1-2H3,(H,18,21). The molecule has 1 aromatic heterocycles. The van der Waals surface area contributed by atoms with Crippen molar-refractivity contribution in [2.45, 2.75) is 33.2 Å². The van der Waals surface area contributed by atoms with Crippen LogP contribution in [0, 0.1) is 0 Å². The molecule has 2 aromatic rings. The lowest BCUT2D eigenvalue weighted by atomic mass is 10.0. The number of para-hydroxylation sites is 1. The van der Waals surface area contributed by atoms with E-state index < -0.39 is 0 Å². The van der Waals surface area contributed by atoms with Crippen LogP contribution in [0.5, 0.6) is 0 Å². The molecule has 1 heterocycles. The minimum absolute atomic E-state index is 0.120. The molecule has 2 rings (SSSR count). The lowest BCUT2D eigenvalue weighted by molar-refractivity contribution is -0.116. The number of aldehydes is 1. The Hall–Kier alpha value is -2.36. The van der Waals surface area contributed by atoms with E-state index in [9.17, 15) is 9.59 Å². The van der Waals surface area contributed by atoms with Gasteiger partial charge in [-0.05, 0) is 36.1 Å². The summed E-state index contributed by atoms with van der Waals surface area (Å²) in [5.74, 6) is -0.120. The van der Waals surface area contributed by atoms with Crippen LogP contribution in [0.3, 0.4) is 0 Å². The molecule has 0 aliphatic rings. The molecule has 0 atom stereocenters. The van der Waals surface area contributed by atoms with Gasteiger partial charge in [-0.1, -0.05) is 32.0 Å². The van der Waals surface area contributed by atoms with Crippen molar-refractivity contribution in [2.24, 2.45) is 0 Å². The number of nitrogens with one attached hydrogen (secondary N) is 1. The third-order valence-electron chi connectivity index (χ3n) is 3.56. The van der Waals surface area contributed by atoms with Gasteiger partial charge in [0.25, 0.3) is 0 Å². The van der Waals surface area contributed by atoms with Crippen LogP contribution in [-0.4, -0.2) is 16.8 Å². The fraction of sp³-hybridized carbons (Fsp3) is 0.294. The van der Waals surface area contributed by atoms with Gasteiger partial charge in [-0.15, -0.1) is 0 Å². The van der Waals surface area contributed by atoms with E-state index in [1.54, 1.807) is 22.9 Å². The fourth-order valence-electron chi connectivity index (χ4n) is 2.42. The van der Waals surface area contributed by atoms with Gasteiger partial charge in [0.15, 0.2) is 6.29 Å². The maximum Gasteiger partial charge on any atom is 0.244 e. The van der Waals surface area contributed by atoms with Gasteiger partial charge in [-0.2, -0.15) is 0 Å². The van der Waals surface area contributed by atoms with Gasteiger partial charge in [-0.25, -0.2) is 0 Å². The molecular weight excluding hydrogens is 264 g/mol. The molecule has 0 aliphatic heterocycles. The van der Waals surface area contributed by atoms with Crippen molar-refractivity contribution < 1.29 is 9.59 Å². The third kappa shape index (κ3) is 3.40. The Morgan fingerprint density at radius 1 is 1.14 bits per heavy atom. The summed E-state index contributed by atoms with van der Waals surface area (Å²) in [7, 11) is 0. The summed E-state index contributed by atoms with van der Waals surface area (Å²) in [6.45, 7) is 4.28. The van der Waals surface area contributed by atoms with Crippen LogP contribution >= 0.6 is 0 Å². The molecule has 4 nitrogen and oxygen atoms in total. The maximum atomic E-state index is 12.2. The molecule has 0 bridgehead atoms. The first-order valence-corrected chi connectivity index (χ1v) is 7.20. The summed E-state index contributed by atoms with van der Waals surface area (Å²) < 4.78 is 1.64. The molecule has 1 N–H and O–H groups in total.